The number of hydrogen-bond acceptors (Lipinski definition) is 4. The Morgan fingerprint density at radius 3 is 2.48 bits per heavy atom. The van der Waals surface area contributed by atoms with Crippen LogP contribution >= 0.6 is 0 Å². The zero-order chi connectivity index (χ0) is 20.4. The first-order valence-corrected chi connectivity index (χ1v) is 9.13. The molecular weight excluding hydrogens is 367 g/mol. The van der Waals surface area contributed by atoms with Crippen LogP contribution in [0, 0.1) is 5.82 Å². The van der Waals surface area contributed by atoms with E-state index in [0.717, 1.165) is 11.4 Å². The van der Waals surface area contributed by atoms with Crippen molar-refractivity contribution in [2.45, 2.75) is 0 Å². The molecule has 0 saturated heterocycles. The van der Waals surface area contributed by atoms with E-state index in [-0.39, 0.29) is 5.91 Å². The van der Waals surface area contributed by atoms with Gasteiger partial charge >= 0.3 is 0 Å². The Bertz CT molecular complexity index is 1190. The number of nitrogens with one attached hydrogen (secondary N) is 1. The van der Waals surface area contributed by atoms with E-state index in [9.17, 15) is 9.18 Å². The molecule has 0 saturated carbocycles. The van der Waals surface area contributed by atoms with Crippen LogP contribution in [-0.4, -0.2) is 30.0 Å². The van der Waals surface area contributed by atoms with Crippen LogP contribution in [0.15, 0.2) is 72.8 Å². The standard InChI is InChI=1S/C23H19FN4O/c1-28(2)22-10-6-9-21(26-22)27-23(29)18-14-19(15-7-4-3-5-8-15)25-20-13-16(24)11-12-17(18)20/h3-14H,1-2H3,(H,26,27,29). The Morgan fingerprint density at radius 1 is 0.931 bits per heavy atom. The number of hydrogen-bond donors (Lipinski definition) is 1. The first-order valence-electron chi connectivity index (χ1n) is 9.13. The van der Waals surface area contributed by atoms with Gasteiger partial charge in [-0.25, -0.2) is 14.4 Å². The lowest BCUT2D eigenvalue weighted by Gasteiger charge is -2.13. The average Bonchev–Trinajstić information content (AvgIpc) is 2.73. The van der Waals surface area contributed by atoms with Crippen LogP contribution in [0.4, 0.5) is 16.0 Å². The number of anilines is 2. The van der Waals surface area contributed by atoms with Crippen molar-refractivity contribution in [3.8, 4) is 11.3 Å². The number of nitrogens with zero attached hydrogens (tertiary/aromatic N) is 3. The highest BCUT2D eigenvalue weighted by Gasteiger charge is 2.15. The maximum absolute atomic E-state index is 13.8. The third-order valence-corrected chi connectivity index (χ3v) is 4.52. The van der Waals surface area contributed by atoms with Crippen molar-refractivity contribution in [2.75, 3.05) is 24.3 Å². The van der Waals surface area contributed by atoms with Crippen LogP contribution in [0.2, 0.25) is 0 Å². The number of halogens is 1. The molecule has 0 aliphatic rings. The van der Waals surface area contributed by atoms with Crippen molar-refractivity contribution in [3.63, 3.8) is 0 Å². The summed E-state index contributed by atoms with van der Waals surface area (Å²) in [5, 5.41) is 3.42. The maximum atomic E-state index is 13.8. The SMILES string of the molecule is CN(C)c1cccc(NC(=O)c2cc(-c3ccccc3)nc3cc(F)ccc23)n1. The fourth-order valence-electron chi connectivity index (χ4n) is 3.07. The van der Waals surface area contributed by atoms with Gasteiger partial charge in [-0.2, -0.15) is 0 Å². The average molecular weight is 386 g/mol. The molecule has 0 aliphatic heterocycles. The summed E-state index contributed by atoms with van der Waals surface area (Å²) in [4.78, 5) is 23.9. The molecule has 0 bridgehead atoms. The maximum Gasteiger partial charge on any atom is 0.257 e. The minimum absolute atomic E-state index is 0.329. The van der Waals surface area contributed by atoms with E-state index < -0.39 is 5.82 Å². The molecule has 1 N–H and O–H groups in total. The first kappa shape index (κ1) is 18.6. The predicted octanol–water partition coefficient (Wildman–Crippen LogP) is 4.75. The van der Waals surface area contributed by atoms with E-state index in [1.54, 1.807) is 18.2 Å². The second-order valence-corrected chi connectivity index (χ2v) is 6.81. The smallest absolute Gasteiger partial charge is 0.257 e. The minimum atomic E-state index is -0.401. The van der Waals surface area contributed by atoms with Crippen LogP contribution in [0.3, 0.4) is 0 Å². The molecule has 0 aliphatic carbocycles. The lowest BCUT2D eigenvalue weighted by atomic mass is 10.0. The third-order valence-electron chi connectivity index (χ3n) is 4.52. The Kier molecular flexibility index (Phi) is 4.91. The molecule has 0 atom stereocenters. The number of amides is 1. The van der Waals surface area contributed by atoms with Crippen molar-refractivity contribution in [2.24, 2.45) is 0 Å². The molecule has 0 radical (unpaired) electrons. The van der Waals surface area contributed by atoms with E-state index in [4.69, 9.17) is 0 Å². The Hall–Kier alpha value is -3.80. The number of benzene rings is 2. The number of carbonyl (C=O) groups excluding carboxylic acids is 1. The molecular formula is C23H19FN4O. The predicted molar refractivity (Wildman–Crippen MR) is 114 cm³/mol. The number of pyridine rings is 2. The highest BCUT2D eigenvalue weighted by molar-refractivity contribution is 6.12. The molecule has 2 aromatic carbocycles. The molecule has 4 aromatic rings. The molecule has 2 heterocycles. The summed E-state index contributed by atoms with van der Waals surface area (Å²) in [6.07, 6.45) is 0. The van der Waals surface area contributed by atoms with Gasteiger partial charge in [0.2, 0.25) is 0 Å². The molecule has 4 rings (SSSR count). The zero-order valence-electron chi connectivity index (χ0n) is 16.1. The molecule has 2 aromatic heterocycles. The van der Waals surface area contributed by atoms with Crippen LogP contribution in [0.25, 0.3) is 22.2 Å². The second kappa shape index (κ2) is 7.67. The summed E-state index contributed by atoms with van der Waals surface area (Å²) < 4.78 is 13.8. The number of rotatable bonds is 4. The van der Waals surface area contributed by atoms with Gasteiger partial charge in [-0.15, -0.1) is 0 Å². The van der Waals surface area contributed by atoms with Gasteiger partial charge < -0.3 is 10.2 Å². The van der Waals surface area contributed by atoms with E-state index in [1.165, 1.54) is 12.1 Å². The summed E-state index contributed by atoms with van der Waals surface area (Å²) in [6.45, 7) is 0. The highest BCUT2D eigenvalue weighted by atomic mass is 19.1. The summed E-state index contributed by atoms with van der Waals surface area (Å²) in [6, 6.07) is 20.9. The fraction of sp³-hybridized carbons (Fsp3) is 0.0870. The molecule has 0 unspecified atom stereocenters. The molecule has 1 amide bonds. The largest absolute Gasteiger partial charge is 0.363 e. The highest BCUT2D eigenvalue weighted by Crippen LogP contribution is 2.26. The lowest BCUT2D eigenvalue weighted by molar-refractivity contribution is 0.102. The van der Waals surface area contributed by atoms with Crippen molar-refractivity contribution in [1.82, 2.24) is 9.97 Å². The molecule has 5 nitrogen and oxygen atoms in total. The normalized spacial score (nSPS) is 10.7. The monoisotopic (exact) mass is 386 g/mol. The summed E-state index contributed by atoms with van der Waals surface area (Å²) >= 11 is 0. The van der Waals surface area contributed by atoms with Gasteiger partial charge in [-0.3, -0.25) is 4.79 Å². The van der Waals surface area contributed by atoms with Crippen molar-refractivity contribution < 1.29 is 9.18 Å². The number of aromatic nitrogens is 2. The zero-order valence-corrected chi connectivity index (χ0v) is 16.1. The summed E-state index contributed by atoms with van der Waals surface area (Å²) in [5.41, 5.74) is 2.28. The third kappa shape index (κ3) is 3.91. The van der Waals surface area contributed by atoms with Gasteiger partial charge in [0.05, 0.1) is 16.8 Å². The van der Waals surface area contributed by atoms with Gasteiger partial charge in [0.25, 0.3) is 5.91 Å². The fourth-order valence-corrected chi connectivity index (χ4v) is 3.07. The van der Waals surface area contributed by atoms with Gasteiger partial charge in [0.15, 0.2) is 0 Å². The van der Waals surface area contributed by atoms with E-state index in [0.29, 0.717) is 28.0 Å². The van der Waals surface area contributed by atoms with Crippen LogP contribution in [0.1, 0.15) is 10.4 Å². The van der Waals surface area contributed by atoms with Gasteiger partial charge in [-0.05, 0) is 30.3 Å². The molecule has 6 heteroatoms. The van der Waals surface area contributed by atoms with E-state index in [1.807, 2.05) is 61.5 Å². The second-order valence-electron chi connectivity index (χ2n) is 6.81. The quantitative estimate of drug-likeness (QED) is 0.550. The first-order chi connectivity index (χ1) is 14.0. The van der Waals surface area contributed by atoms with Crippen LogP contribution < -0.4 is 10.2 Å². The van der Waals surface area contributed by atoms with Crippen molar-refractivity contribution in [3.05, 3.63) is 84.2 Å². The molecule has 29 heavy (non-hydrogen) atoms. The van der Waals surface area contributed by atoms with Crippen LogP contribution in [-0.2, 0) is 0 Å². The van der Waals surface area contributed by atoms with Crippen molar-refractivity contribution in [1.29, 1.82) is 0 Å². The van der Waals surface area contributed by atoms with Gasteiger partial charge in [0.1, 0.15) is 17.5 Å². The van der Waals surface area contributed by atoms with Crippen molar-refractivity contribution >= 4 is 28.4 Å². The minimum Gasteiger partial charge on any atom is -0.363 e. The summed E-state index contributed by atoms with van der Waals surface area (Å²) in [7, 11) is 3.76. The molecule has 144 valence electrons. The number of fused-ring (bicyclic) bond motifs is 1. The Morgan fingerprint density at radius 2 is 1.72 bits per heavy atom. The van der Waals surface area contributed by atoms with E-state index >= 15 is 0 Å². The van der Waals surface area contributed by atoms with Crippen LogP contribution in [0.5, 0.6) is 0 Å². The van der Waals surface area contributed by atoms with Gasteiger partial charge in [-0.1, -0.05) is 36.4 Å². The topological polar surface area (TPSA) is 58.1 Å². The molecule has 0 spiro atoms. The Balaban J connectivity index is 1.79. The molecule has 0 fully saturated rings. The van der Waals surface area contributed by atoms with Gasteiger partial charge in [0, 0.05) is 31.1 Å². The lowest BCUT2D eigenvalue weighted by Crippen LogP contribution is -2.16. The Labute approximate surface area is 167 Å². The van der Waals surface area contributed by atoms with E-state index in [2.05, 4.69) is 15.3 Å². The summed E-state index contributed by atoms with van der Waals surface area (Å²) in [5.74, 6) is 0.440. The number of carbonyl (C=O) groups is 1.